The molecule has 1 rings (SSSR count). The number of aldehydes is 1. The van der Waals surface area contributed by atoms with E-state index in [0.717, 1.165) is 0 Å². The van der Waals surface area contributed by atoms with Crippen LogP contribution in [0, 0.1) is 11.3 Å². The van der Waals surface area contributed by atoms with Gasteiger partial charge in [0.1, 0.15) is 11.8 Å². The summed E-state index contributed by atoms with van der Waals surface area (Å²) in [5.74, 6) is 0.427. The van der Waals surface area contributed by atoms with Gasteiger partial charge in [-0.3, -0.25) is 4.79 Å². The number of hydrogen-bond acceptors (Lipinski definition) is 4. The van der Waals surface area contributed by atoms with Crippen LogP contribution in [0.25, 0.3) is 0 Å². The molecular formula is C13H18NO3P. The highest BCUT2D eigenvalue weighted by Crippen LogP contribution is 2.30. The second kappa shape index (κ2) is 7.81. The van der Waals surface area contributed by atoms with Gasteiger partial charge in [-0.15, -0.1) is 0 Å². The fourth-order valence-corrected chi connectivity index (χ4v) is 1.45. The fraction of sp³-hybridized carbons (Fsp3) is 0.385. The van der Waals surface area contributed by atoms with Crippen molar-refractivity contribution in [2.24, 2.45) is 0 Å². The minimum atomic E-state index is -1.07. The Morgan fingerprint density at radius 1 is 1.44 bits per heavy atom. The topological polar surface area (TPSA) is 59.3 Å². The summed E-state index contributed by atoms with van der Waals surface area (Å²) in [4.78, 5) is 10.7. The third-order valence-corrected chi connectivity index (χ3v) is 2.83. The number of hydrogen-bond donors (Lipinski definition) is 0. The van der Waals surface area contributed by atoms with E-state index in [-0.39, 0.29) is 0 Å². The van der Waals surface area contributed by atoms with E-state index in [4.69, 9.17) is 14.5 Å². The fourth-order valence-electron chi connectivity index (χ4n) is 1.26. The van der Waals surface area contributed by atoms with Gasteiger partial charge in [0.25, 0.3) is 0 Å². The average Bonchev–Trinajstić information content (AvgIpc) is 2.47. The smallest absolute Gasteiger partial charge is 0.180 e. The molecule has 0 aliphatic rings. The molecule has 0 heterocycles. The SMILES string of the molecule is CC.COc1cc(C(C)(C#N)OP)ccc1C=O. The second-order valence-corrected chi connectivity index (χ2v) is 3.57. The van der Waals surface area contributed by atoms with Crippen molar-refractivity contribution < 1.29 is 14.1 Å². The minimum Gasteiger partial charge on any atom is -0.496 e. The maximum absolute atomic E-state index is 10.7. The molecule has 0 aliphatic carbocycles. The zero-order valence-corrected chi connectivity index (χ0v) is 12.2. The van der Waals surface area contributed by atoms with E-state index in [0.29, 0.717) is 23.2 Å². The minimum absolute atomic E-state index is 0.427. The Labute approximate surface area is 110 Å². The molecule has 1 aromatic carbocycles. The normalized spacial score (nSPS) is 12.4. The van der Waals surface area contributed by atoms with E-state index in [9.17, 15) is 4.79 Å². The number of nitrogens with zero attached hydrogens (tertiary/aromatic N) is 1. The Bertz CT molecular complexity index is 442. The summed E-state index contributed by atoms with van der Waals surface area (Å²) in [6.07, 6.45) is 0.702. The van der Waals surface area contributed by atoms with Crippen molar-refractivity contribution in [3.8, 4) is 11.8 Å². The number of methoxy groups -OCH3 is 1. The van der Waals surface area contributed by atoms with Gasteiger partial charge < -0.3 is 9.26 Å². The lowest BCUT2D eigenvalue weighted by molar-refractivity contribution is 0.112. The molecule has 98 valence electrons. The summed E-state index contributed by atoms with van der Waals surface area (Å²) in [7, 11) is 3.53. The molecule has 0 amide bonds. The van der Waals surface area contributed by atoms with E-state index in [1.807, 2.05) is 19.9 Å². The molecule has 0 aromatic heterocycles. The molecule has 4 nitrogen and oxygen atoms in total. The van der Waals surface area contributed by atoms with Crippen LogP contribution in [0.4, 0.5) is 0 Å². The van der Waals surface area contributed by atoms with Gasteiger partial charge in [-0.1, -0.05) is 19.9 Å². The van der Waals surface area contributed by atoms with Gasteiger partial charge in [0.15, 0.2) is 11.9 Å². The van der Waals surface area contributed by atoms with Crippen LogP contribution in [0.1, 0.15) is 36.7 Å². The zero-order chi connectivity index (χ0) is 14.2. The van der Waals surface area contributed by atoms with Gasteiger partial charge in [0.05, 0.1) is 12.7 Å². The number of rotatable bonds is 4. The number of ether oxygens (including phenoxy) is 1. The third-order valence-electron chi connectivity index (χ3n) is 2.36. The van der Waals surface area contributed by atoms with Gasteiger partial charge in [0, 0.05) is 15.0 Å². The van der Waals surface area contributed by atoms with Crippen LogP contribution < -0.4 is 4.74 Å². The van der Waals surface area contributed by atoms with Crippen LogP contribution in [0.15, 0.2) is 18.2 Å². The van der Waals surface area contributed by atoms with Gasteiger partial charge in [-0.2, -0.15) is 5.26 Å². The summed E-state index contributed by atoms with van der Waals surface area (Å²) in [6, 6.07) is 6.93. The highest BCUT2D eigenvalue weighted by Gasteiger charge is 2.26. The Hall–Kier alpha value is -1.43. The molecule has 2 atom stereocenters. The summed E-state index contributed by atoms with van der Waals surface area (Å²) in [5, 5.41) is 9.03. The molecule has 0 bridgehead atoms. The van der Waals surface area contributed by atoms with Crippen molar-refractivity contribution in [3.63, 3.8) is 0 Å². The Morgan fingerprint density at radius 3 is 2.44 bits per heavy atom. The first kappa shape index (κ1) is 16.6. The molecule has 2 unspecified atom stereocenters. The largest absolute Gasteiger partial charge is 0.496 e. The van der Waals surface area contributed by atoms with Gasteiger partial charge in [-0.25, -0.2) is 0 Å². The average molecular weight is 267 g/mol. The van der Waals surface area contributed by atoms with E-state index in [1.54, 1.807) is 25.1 Å². The van der Waals surface area contributed by atoms with Crippen LogP contribution in [0.5, 0.6) is 5.75 Å². The highest BCUT2D eigenvalue weighted by molar-refractivity contribution is 7.09. The first-order chi connectivity index (χ1) is 8.61. The van der Waals surface area contributed by atoms with Crippen molar-refractivity contribution in [2.75, 3.05) is 7.11 Å². The molecule has 0 fully saturated rings. The molecule has 0 saturated carbocycles. The van der Waals surface area contributed by atoms with Crippen molar-refractivity contribution in [3.05, 3.63) is 29.3 Å². The number of nitriles is 1. The van der Waals surface area contributed by atoms with Crippen molar-refractivity contribution in [1.29, 1.82) is 5.26 Å². The Morgan fingerprint density at radius 2 is 2.06 bits per heavy atom. The molecule has 0 spiro atoms. The van der Waals surface area contributed by atoms with Crippen LogP contribution in [-0.4, -0.2) is 13.4 Å². The Kier molecular flexibility index (Phi) is 7.19. The van der Waals surface area contributed by atoms with Crippen LogP contribution in [0.2, 0.25) is 0 Å². The van der Waals surface area contributed by atoms with Crippen molar-refractivity contribution in [1.82, 2.24) is 0 Å². The monoisotopic (exact) mass is 267 g/mol. The number of carbonyl (C=O) groups excluding carboxylic acids is 1. The second-order valence-electron chi connectivity index (χ2n) is 3.34. The van der Waals surface area contributed by atoms with Gasteiger partial charge >= 0.3 is 0 Å². The number of benzene rings is 1. The summed E-state index contributed by atoms with van der Waals surface area (Å²) in [5.41, 5.74) is 0.00191. The standard InChI is InChI=1S/C11H12NO3P.C2H6/c1-11(7-12,15-16)9-4-3-8(6-13)10(5-9)14-2;1-2/h3-6H,16H2,1-2H3;1-2H3. The predicted molar refractivity (Wildman–Crippen MR) is 73.5 cm³/mol. The maximum atomic E-state index is 10.7. The lowest BCUT2D eigenvalue weighted by atomic mass is 9.96. The van der Waals surface area contributed by atoms with Crippen molar-refractivity contribution in [2.45, 2.75) is 26.4 Å². The molecule has 5 heteroatoms. The van der Waals surface area contributed by atoms with Gasteiger partial charge in [0.2, 0.25) is 0 Å². The number of carbonyl (C=O) groups is 1. The lowest BCUT2D eigenvalue weighted by Crippen LogP contribution is -2.19. The van der Waals surface area contributed by atoms with E-state index in [1.165, 1.54) is 7.11 Å². The van der Waals surface area contributed by atoms with Gasteiger partial charge in [-0.05, 0) is 19.1 Å². The summed E-state index contributed by atoms with van der Waals surface area (Å²) in [6.45, 7) is 5.63. The van der Waals surface area contributed by atoms with Crippen LogP contribution >= 0.6 is 9.47 Å². The Balaban J connectivity index is 0.00000137. The predicted octanol–water partition coefficient (Wildman–Crippen LogP) is 3.08. The summed E-state index contributed by atoms with van der Waals surface area (Å²) >= 11 is 0. The van der Waals surface area contributed by atoms with Crippen LogP contribution in [-0.2, 0) is 10.1 Å². The first-order valence-corrected chi connectivity index (χ1v) is 6.01. The molecule has 0 saturated heterocycles. The highest BCUT2D eigenvalue weighted by atomic mass is 31.0. The van der Waals surface area contributed by atoms with E-state index in [2.05, 4.69) is 9.47 Å². The first-order valence-electron chi connectivity index (χ1n) is 5.54. The molecular weight excluding hydrogens is 249 g/mol. The summed E-state index contributed by atoms with van der Waals surface area (Å²) < 4.78 is 10.1. The maximum Gasteiger partial charge on any atom is 0.180 e. The lowest BCUT2D eigenvalue weighted by Gasteiger charge is -2.20. The molecule has 0 N–H and O–H groups in total. The molecule has 18 heavy (non-hydrogen) atoms. The zero-order valence-electron chi connectivity index (χ0n) is 11.1. The van der Waals surface area contributed by atoms with E-state index >= 15 is 0 Å². The quantitative estimate of drug-likeness (QED) is 0.621. The van der Waals surface area contributed by atoms with Crippen molar-refractivity contribution >= 4 is 15.8 Å². The van der Waals surface area contributed by atoms with E-state index < -0.39 is 5.60 Å². The molecule has 0 aliphatic heterocycles. The molecule has 0 radical (unpaired) electrons. The molecule has 1 aromatic rings. The third kappa shape index (κ3) is 3.53. The van der Waals surface area contributed by atoms with Crippen LogP contribution in [0.3, 0.4) is 0 Å².